The van der Waals surface area contributed by atoms with Gasteiger partial charge in [0, 0.05) is 25.7 Å². The van der Waals surface area contributed by atoms with Gasteiger partial charge in [0.05, 0.1) is 11.4 Å². The van der Waals surface area contributed by atoms with Crippen molar-refractivity contribution in [3.63, 3.8) is 0 Å². The number of rotatable bonds is 5. The van der Waals surface area contributed by atoms with Crippen molar-refractivity contribution < 1.29 is 18.0 Å². The molecule has 0 spiro atoms. The number of carbonyl (C=O) groups is 2. The molecule has 0 aromatic heterocycles. The van der Waals surface area contributed by atoms with E-state index in [-0.39, 0.29) is 23.3 Å². The van der Waals surface area contributed by atoms with Crippen molar-refractivity contribution >= 4 is 27.5 Å². The van der Waals surface area contributed by atoms with Crippen molar-refractivity contribution in [3.8, 4) is 0 Å². The van der Waals surface area contributed by atoms with E-state index < -0.39 is 10.0 Å². The van der Waals surface area contributed by atoms with Gasteiger partial charge in [0.25, 0.3) is 0 Å². The largest absolute Gasteiger partial charge is 0.337 e. The molecule has 27 heavy (non-hydrogen) atoms. The first-order valence-electron chi connectivity index (χ1n) is 8.57. The highest BCUT2D eigenvalue weighted by molar-refractivity contribution is 7.89. The zero-order valence-corrected chi connectivity index (χ0v) is 15.8. The van der Waals surface area contributed by atoms with Gasteiger partial charge in [0.1, 0.15) is 0 Å². The molecule has 1 aliphatic rings. The number of anilines is 1. The fourth-order valence-electron chi connectivity index (χ4n) is 2.98. The maximum Gasteiger partial charge on any atom is 0.241 e. The zero-order chi connectivity index (χ0) is 19.4. The maximum absolute atomic E-state index is 12.4. The molecular weight excluding hydrogens is 366 g/mol. The van der Waals surface area contributed by atoms with E-state index in [9.17, 15) is 18.0 Å². The summed E-state index contributed by atoms with van der Waals surface area (Å²) < 4.78 is 27.1. The van der Waals surface area contributed by atoms with Gasteiger partial charge in [-0.1, -0.05) is 24.3 Å². The molecule has 1 heterocycles. The van der Waals surface area contributed by atoms with Crippen molar-refractivity contribution in [1.82, 2.24) is 9.62 Å². The second kappa shape index (κ2) is 7.89. The van der Waals surface area contributed by atoms with E-state index in [0.717, 1.165) is 12.0 Å². The predicted molar refractivity (Wildman–Crippen MR) is 101 cm³/mol. The Morgan fingerprint density at radius 1 is 1.04 bits per heavy atom. The van der Waals surface area contributed by atoms with Crippen LogP contribution >= 0.6 is 0 Å². The van der Waals surface area contributed by atoms with Gasteiger partial charge in [-0.25, -0.2) is 13.1 Å². The Balaban J connectivity index is 1.60. The molecule has 2 aromatic carbocycles. The molecule has 7 nitrogen and oxygen atoms in total. The molecule has 3 rings (SSSR count). The van der Waals surface area contributed by atoms with E-state index in [1.165, 1.54) is 36.8 Å². The lowest BCUT2D eigenvalue weighted by Crippen LogP contribution is -2.42. The van der Waals surface area contributed by atoms with E-state index in [1.807, 2.05) is 24.3 Å². The Hall–Kier alpha value is -2.71. The topological polar surface area (TPSA) is 95.6 Å². The molecular formula is C19H21N3O4S. The SMILES string of the molecule is CC(=O)Nc1ccc(S(=O)(=O)NCC(=O)N2CCc3ccccc3C2)cc1. The number of hydrogen-bond donors (Lipinski definition) is 2. The average molecular weight is 387 g/mol. The molecule has 0 radical (unpaired) electrons. The van der Waals surface area contributed by atoms with Crippen LogP contribution in [0.5, 0.6) is 0 Å². The summed E-state index contributed by atoms with van der Waals surface area (Å²) >= 11 is 0. The summed E-state index contributed by atoms with van der Waals surface area (Å²) in [5.74, 6) is -0.500. The minimum Gasteiger partial charge on any atom is -0.337 e. The van der Waals surface area contributed by atoms with Gasteiger partial charge in [0.15, 0.2) is 0 Å². The van der Waals surface area contributed by atoms with E-state index in [2.05, 4.69) is 10.0 Å². The van der Waals surface area contributed by atoms with Crippen LogP contribution in [0.15, 0.2) is 53.4 Å². The van der Waals surface area contributed by atoms with Crippen LogP contribution in [0.25, 0.3) is 0 Å². The van der Waals surface area contributed by atoms with Crippen molar-refractivity contribution in [2.75, 3.05) is 18.4 Å². The van der Waals surface area contributed by atoms with E-state index in [4.69, 9.17) is 0 Å². The molecule has 2 aromatic rings. The lowest BCUT2D eigenvalue weighted by molar-refractivity contribution is -0.130. The van der Waals surface area contributed by atoms with Gasteiger partial charge in [-0.15, -0.1) is 0 Å². The van der Waals surface area contributed by atoms with Gasteiger partial charge in [0.2, 0.25) is 21.8 Å². The second-order valence-electron chi connectivity index (χ2n) is 6.36. The molecule has 0 unspecified atom stereocenters. The highest BCUT2D eigenvalue weighted by Crippen LogP contribution is 2.18. The minimum absolute atomic E-state index is 0.0355. The summed E-state index contributed by atoms with van der Waals surface area (Å²) in [6.45, 7) is 2.14. The van der Waals surface area contributed by atoms with Crippen molar-refractivity contribution in [1.29, 1.82) is 0 Å². The summed E-state index contributed by atoms with van der Waals surface area (Å²) in [5.41, 5.74) is 2.82. The van der Waals surface area contributed by atoms with Crippen molar-refractivity contribution in [2.45, 2.75) is 24.8 Å². The van der Waals surface area contributed by atoms with Crippen LogP contribution in [0, 0.1) is 0 Å². The Bertz CT molecular complexity index is 955. The number of benzene rings is 2. The van der Waals surface area contributed by atoms with Gasteiger partial charge in [-0.05, 0) is 41.8 Å². The third-order valence-corrected chi connectivity index (χ3v) is 5.80. The molecule has 0 aliphatic carbocycles. The summed E-state index contributed by atoms with van der Waals surface area (Å²) in [5, 5.41) is 2.57. The molecule has 142 valence electrons. The summed E-state index contributed by atoms with van der Waals surface area (Å²) in [6.07, 6.45) is 0.763. The molecule has 0 atom stereocenters. The van der Waals surface area contributed by atoms with Gasteiger partial charge in [-0.3, -0.25) is 9.59 Å². The first kappa shape index (κ1) is 19.1. The van der Waals surface area contributed by atoms with Gasteiger partial charge in [-0.2, -0.15) is 0 Å². The number of hydrogen-bond acceptors (Lipinski definition) is 4. The molecule has 0 bridgehead atoms. The normalized spacial score (nSPS) is 13.7. The van der Waals surface area contributed by atoms with Crippen LogP contribution in [-0.4, -0.2) is 38.2 Å². The fourth-order valence-corrected chi connectivity index (χ4v) is 3.96. The lowest BCUT2D eigenvalue weighted by atomic mass is 10.00. The van der Waals surface area contributed by atoms with Crippen molar-refractivity contribution in [2.24, 2.45) is 0 Å². The third-order valence-electron chi connectivity index (χ3n) is 4.38. The number of amides is 2. The average Bonchev–Trinajstić information content (AvgIpc) is 2.66. The summed E-state index contributed by atoms with van der Waals surface area (Å²) in [6, 6.07) is 13.7. The molecule has 8 heteroatoms. The Morgan fingerprint density at radius 3 is 2.37 bits per heavy atom. The standard InChI is InChI=1S/C19H21N3O4S/c1-14(23)21-17-6-8-18(9-7-17)27(25,26)20-12-19(24)22-11-10-15-4-2-3-5-16(15)13-22/h2-9,20H,10-13H2,1H3,(H,21,23). The molecule has 1 aliphatic heterocycles. The van der Waals surface area contributed by atoms with E-state index in [0.29, 0.717) is 18.8 Å². The van der Waals surface area contributed by atoms with Crippen LogP contribution in [0.2, 0.25) is 0 Å². The first-order valence-corrected chi connectivity index (χ1v) is 10.1. The highest BCUT2D eigenvalue weighted by atomic mass is 32.2. The maximum atomic E-state index is 12.4. The molecule has 2 N–H and O–H groups in total. The monoisotopic (exact) mass is 387 g/mol. The van der Waals surface area contributed by atoms with Gasteiger partial charge >= 0.3 is 0 Å². The molecule has 0 fully saturated rings. The number of sulfonamides is 1. The quantitative estimate of drug-likeness (QED) is 0.813. The van der Waals surface area contributed by atoms with Crippen LogP contribution in [0.3, 0.4) is 0 Å². The summed E-state index contributed by atoms with van der Waals surface area (Å²) in [7, 11) is -3.81. The van der Waals surface area contributed by atoms with Crippen LogP contribution < -0.4 is 10.0 Å². The van der Waals surface area contributed by atoms with Crippen LogP contribution in [-0.2, 0) is 32.6 Å². The highest BCUT2D eigenvalue weighted by Gasteiger charge is 2.22. The molecule has 0 saturated carbocycles. The Labute approximate surface area is 158 Å². The minimum atomic E-state index is -3.81. The van der Waals surface area contributed by atoms with Crippen LogP contribution in [0.4, 0.5) is 5.69 Å². The zero-order valence-electron chi connectivity index (χ0n) is 14.9. The predicted octanol–water partition coefficient (Wildman–Crippen LogP) is 1.51. The third kappa shape index (κ3) is 4.72. The van der Waals surface area contributed by atoms with E-state index >= 15 is 0 Å². The molecule has 2 amide bonds. The van der Waals surface area contributed by atoms with Crippen molar-refractivity contribution in [3.05, 3.63) is 59.7 Å². The Kier molecular flexibility index (Phi) is 5.57. The second-order valence-corrected chi connectivity index (χ2v) is 8.13. The first-order chi connectivity index (χ1) is 12.8. The van der Waals surface area contributed by atoms with Gasteiger partial charge < -0.3 is 10.2 Å². The Morgan fingerprint density at radius 2 is 1.70 bits per heavy atom. The number of fused-ring (bicyclic) bond motifs is 1. The van der Waals surface area contributed by atoms with Crippen LogP contribution in [0.1, 0.15) is 18.1 Å². The number of nitrogens with one attached hydrogen (secondary N) is 2. The fraction of sp³-hybridized carbons (Fsp3) is 0.263. The lowest BCUT2D eigenvalue weighted by Gasteiger charge is -2.29. The smallest absolute Gasteiger partial charge is 0.241 e. The summed E-state index contributed by atoms with van der Waals surface area (Å²) in [4.78, 5) is 25.1. The number of carbonyl (C=O) groups excluding carboxylic acids is 2. The van der Waals surface area contributed by atoms with E-state index in [1.54, 1.807) is 4.90 Å². The molecule has 0 saturated heterocycles. The number of nitrogens with zero attached hydrogens (tertiary/aromatic N) is 1.